The summed E-state index contributed by atoms with van der Waals surface area (Å²) in [4.78, 5) is 0. The Balaban J connectivity index is 0.000000424. The quantitative estimate of drug-likeness (QED) is 0.113. The molecule has 0 aromatic heterocycles. The molecular weight excluding hydrogens is 484 g/mol. The van der Waals surface area contributed by atoms with Crippen molar-refractivity contribution in [2.45, 2.75) is 6.92 Å². The molecule has 0 aliphatic carbocycles. The third-order valence-electron chi connectivity index (χ3n) is 2.92. The number of halogens is 10. The first kappa shape index (κ1) is 27.6. The van der Waals surface area contributed by atoms with Gasteiger partial charge in [-0.2, -0.15) is 0 Å². The molecule has 0 spiro atoms. The van der Waals surface area contributed by atoms with Crippen molar-refractivity contribution < 1.29 is 63.4 Å². The van der Waals surface area contributed by atoms with Crippen LogP contribution in [0.1, 0.15) is 5.56 Å². The van der Waals surface area contributed by atoms with E-state index < -0.39 is 58.2 Å². The number of hydrogen-bond donors (Lipinski definition) is 0. The summed E-state index contributed by atoms with van der Waals surface area (Å²) < 4.78 is 120. The van der Waals surface area contributed by atoms with Crippen LogP contribution in [0.4, 0.5) is 43.9 Å². The molecule has 0 saturated heterocycles. The molecule has 0 aliphatic rings. The van der Waals surface area contributed by atoms with Crippen molar-refractivity contribution in [3.63, 3.8) is 0 Å². The number of hydrogen-bond acceptors (Lipinski definition) is 0. The zero-order chi connectivity index (χ0) is 22.3. The molecule has 3 aromatic rings. The van der Waals surface area contributed by atoms with Crippen LogP contribution in [0.15, 0.2) is 30.3 Å². The van der Waals surface area contributed by atoms with E-state index in [0.29, 0.717) is 0 Å². The maximum Gasteiger partial charge on any atom is 2.00 e. The van der Waals surface area contributed by atoms with Crippen LogP contribution >= 0.6 is 0 Å². The molecule has 0 bridgehead atoms. The Morgan fingerprint density at radius 3 is 0.933 bits per heavy atom. The molecule has 0 N–H and O–H groups in total. The van der Waals surface area contributed by atoms with Crippen molar-refractivity contribution >= 4 is 0 Å². The first-order chi connectivity index (χ1) is 13.5. The average Bonchev–Trinajstić information content (AvgIpc) is 2.69. The predicted octanol–water partition coefficient (Wildman–Crippen LogP) is 6.36. The Kier molecular flexibility index (Phi) is 11.3. The van der Waals surface area contributed by atoms with Gasteiger partial charge in [0, 0.05) is 0 Å². The molecule has 0 aliphatic heterocycles. The molecule has 3 aromatic carbocycles. The number of benzene rings is 3. The van der Waals surface area contributed by atoms with Crippen LogP contribution in [0, 0.1) is 77.2 Å². The van der Waals surface area contributed by atoms with E-state index in [2.05, 4.69) is 19.1 Å². The van der Waals surface area contributed by atoms with Crippen LogP contribution in [0.25, 0.3) is 0 Å². The van der Waals surface area contributed by atoms with Crippen molar-refractivity contribution in [3.05, 3.63) is 106 Å². The molecular formula is C19H8F10Zn. The first-order valence-electron chi connectivity index (χ1n) is 7.30. The zero-order valence-corrected chi connectivity index (χ0v) is 17.8. The van der Waals surface area contributed by atoms with Gasteiger partial charge in [0.25, 0.3) is 0 Å². The molecule has 0 fully saturated rings. The van der Waals surface area contributed by atoms with E-state index in [1.54, 1.807) is 0 Å². The fraction of sp³-hybridized carbons (Fsp3) is 0.0526. The molecule has 0 nitrogen and oxygen atoms in total. The molecule has 11 heteroatoms. The van der Waals surface area contributed by atoms with Crippen LogP contribution in [0.2, 0.25) is 0 Å². The molecule has 0 unspecified atom stereocenters. The second kappa shape index (κ2) is 12.3. The van der Waals surface area contributed by atoms with E-state index in [1.165, 1.54) is 5.56 Å². The topological polar surface area (TPSA) is 0 Å². The fourth-order valence-electron chi connectivity index (χ4n) is 1.52. The van der Waals surface area contributed by atoms with Crippen LogP contribution in [0.3, 0.4) is 0 Å². The summed E-state index contributed by atoms with van der Waals surface area (Å²) in [5.74, 6) is -20.1. The first-order valence-corrected chi connectivity index (χ1v) is 7.30. The smallest absolute Gasteiger partial charge is 0.278 e. The summed E-state index contributed by atoms with van der Waals surface area (Å²) in [6, 6.07) is 12.3. The van der Waals surface area contributed by atoms with Crippen molar-refractivity contribution in [2.75, 3.05) is 0 Å². The Morgan fingerprint density at radius 1 is 0.467 bits per heavy atom. The maximum absolute atomic E-state index is 12.0. The van der Waals surface area contributed by atoms with Gasteiger partial charge in [-0.05, 0) is 6.92 Å². The predicted molar refractivity (Wildman–Crippen MR) is 81.3 cm³/mol. The van der Waals surface area contributed by atoms with Gasteiger partial charge in [0.15, 0.2) is 0 Å². The summed E-state index contributed by atoms with van der Waals surface area (Å²) in [6.07, 6.45) is 0. The number of aryl methyl sites for hydroxylation is 1. The molecule has 0 saturated carbocycles. The molecule has 0 atom stereocenters. The second-order valence-corrected chi connectivity index (χ2v) is 5.04. The van der Waals surface area contributed by atoms with Gasteiger partial charge in [-0.25, -0.2) is 26.3 Å². The minimum absolute atomic E-state index is 0. The third-order valence-corrected chi connectivity index (χ3v) is 2.92. The van der Waals surface area contributed by atoms with E-state index in [1.807, 2.05) is 18.2 Å². The standard InChI is InChI=1S/C7H8.2C6F5.Zn/c1-7-5-3-2-4-6-7;2*7-2-1-3(8)5(10)6(11)4(2)9;/h2-6H,1H3;;;/q;2*-1;+2. The maximum atomic E-state index is 12.0. The fourth-order valence-corrected chi connectivity index (χ4v) is 1.52. The summed E-state index contributed by atoms with van der Waals surface area (Å²) in [7, 11) is 0. The summed E-state index contributed by atoms with van der Waals surface area (Å²) in [6.45, 7) is 2.08. The third kappa shape index (κ3) is 7.44. The SMILES string of the molecule is Cc1ccccc1.Fc1[c-]c(F)c(F)c(F)c1F.Fc1[c-]c(F)c(F)c(F)c1F.[Zn+2]. The molecule has 3 rings (SSSR count). The minimum atomic E-state index is -2.17. The Labute approximate surface area is 176 Å². The summed E-state index contributed by atoms with van der Waals surface area (Å²) in [5, 5.41) is 0. The van der Waals surface area contributed by atoms with Crippen LogP contribution in [0.5, 0.6) is 0 Å². The van der Waals surface area contributed by atoms with E-state index in [0.717, 1.165) is 12.1 Å². The van der Waals surface area contributed by atoms with Crippen molar-refractivity contribution in [1.82, 2.24) is 0 Å². The van der Waals surface area contributed by atoms with Crippen LogP contribution in [-0.4, -0.2) is 0 Å². The van der Waals surface area contributed by atoms with Crippen LogP contribution < -0.4 is 0 Å². The van der Waals surface area contributed by atoms with E-state index >= 15 is 0 Å². The Bertz CT molecular complexity index is 863. The minimum Gasteiger partial charge on any atom is -0.278 e. The van der Waals surface area contributed by atoms with Gasteiger partial charge in [0.2, 0.25) is 0 Å². The zero-order valence-electron chi connectivity index (χ0n) is 14.9. The summed E-state index contributed by atoms with van der Waals surface area (Å²) in [5.41, 5.74) is 1.32. The van der Waals surface area contributed by atoms with E-state index in [9.17, 15) is 43.9 Å². The van der Waals surface area contributed by atoms with Crippen LogP contribution in [-0.2, 0) is 19.5 Å². The van der Waals surface area contributed by atoms with E-state index in [-0.39, 0.29) is 19.5 Å². The molecule has 156 valence electrons. The summed E-state index contributed by atoms with van der Waals surface area (Å²) >= 11 is 0. The Morgan fingerprint density at radius 2 is 0.733 bits per heavy atom. The van der Waals surface area contributed by atoms with Gasteiger partial charge in [0.05, 0.1) is 58.2 Å². The van der Waals surface area contributed by atoms with Crippen molar-refractivity contribution in [3.8, 4) is 0 Å². The van der Waals surface area contributed by atoms with Gasteiger partial charge in [-0.1, -0.05) is 35.9 Å². The van der Waals surface area contributed by atoms with Crippen molar-refractivity contribution in [1.29, 1.82) is 0 Å². The van der Waals surface area contributed by atoms with Gasteiger partial charge >= 0.3 is 19.5 Å². The van der Waals surface area contributed by atoms with Gasteiger partial charge < -0.3 is 0 Å². The molecule has 30 heavy (non-hydrogen) atoms. The van der Waals surface area contributed by atoms with Gasteiger partial charge in [-0.15, -0.1) is 12.1 Å². The van der Waals surface area contributed by atoms with Crippen molar-refractivity contribution in [2.24, 2.45) is 0 Å². The van der Waals surface area contributed by atoms with Gasteiger partial charge in [0.1, 0.15) is 0 Å². The van der Waals surface area contributed by atoms with Gasteiger partial charge in [-0.3, -0.25) is 17.6 Å². The largest absolute Gasteiger partial charge is 2.00 e. The Hall–Kier alpha value is -2.42. The normalized spacial score (nSPS) is 9.57. The van der Waals surface area contributed by atoms with E-state index in [4.69, 9.17) is 0 Å². The molecule has 0 amide bonds. The second-order valence-electron chi connectivity index (χ2n) is 5.04. The monoisotopic (exact) mass is 490 g/mol. The average molecular weight is 492 g/mol. The molecule has 0 heterocycles. The molecule has 0 radical (unpaired) electrons. The number of rotatable bonds is 0.